The third-order valence-corrected chi connectivity index (χ3v) is 4.91. The van der Waals surface area contributed by atoms with Crippen molar-refractivity contribution in [2.24, 2.45) is 0 Å². The summed E-state index contributed by atoms with van der Waals surface area (Å²) in [6.45, 7) is 2.23. The van der Waals surface area contributed by atoms with Crippen LogP contribution in [0.5, 0.6) is 11.5 Å². The van der Waals surface area contributed by atoms with Gasteiger partial charge in [0.25, 0.3) is 0 Å². The highest BCUT2D eigenvalue weighted by molar-refractivity contribution is 5.77. The molecule has 0 amide bonds. The normalized spacial score (nSPS) is 11.9. The summed E-state index contributed by atoms with van der Waals surface area (Å²) in [6, 6.07) is 14.8. The molecule has 1 aromatic heterocycles. The average Bonchev–Trinajstić information content (AvgIpc) is 3.16. The summed E-state index contributed by atoms with van der Waals surface area (Å²) < 4.78 is 12.8. The summed E-state index contributed by atoms with van der Waals surface area (Å²) in [6.07, 6.45) is -0.0460. The zero-order valence-electron chi connectivity index (χ0n) is 17.3. The summed E-state index contributed by atoms with van der Waals surface area (Å²) in [5.74, 6) is 0.386. The number of para-hydroxylation sites is 1. The van der Waals surface area contributed by atoms with Crippen LogP contribution >= 0.6 is 0 Å². The van der Waals surface area contributed by atoms with E-state index in [1.54, 1.807) is 37.1 Å². The number of carboxylic acid groups (broad SMARTS) is 1. The van der Waals surface area contributed by atoms with Crippen molar-refractivity contribution in [3.63, 3.8) is 0 Å². The van der Waals surface area contributed by atoms with Crippen LogP contribution in [-0.4, -0.2) is 46.3 Å². The van der Waals surface area contributed by atoms with E-state index in [9.17, 15) is 9.90 Å². The van der Waals surface area contributed by atoms with Gasteiger partial charge in [-0.1, -0.05) is 25.1 Å². The first-order chi connectivity index (χ1) is 14.5. The number of aliphatic hydroxyl groups is 1. The lowest BCUT2D eigenvalue weighted by Crippen LogP contribution is -2.16. The van der Waals surface area contributed by atoms with Crippen LogP contribution < -0.4 is 9.47 Å². The van der Waals surface area contributed by atoms with Gasteiger partial charge in [-0.15, -0.1) is 0 Å². The molecule has 0 radical (unpaired) electrons. The Balaban J connectivity index is 2.16. The number of hydrogen-bond acceptors (Lipinski definition) is 5. The van der Waals surface area contributed by atoms with E-state index < -0.39 is 12.1 Å². The molecular formula is C23H26N2O5. The Morgan fingerprint density at radius 1 is 1.07 bits per heavy atom. The van der Waals surface area contributed by atoms with Crippen molar-refractivity contribution in [1.82, 2.24) is 9.78 Å². The lowest BCUT2D eigenvalue weighted by molar-refractivity contribution is -0.136. The van der Waals surface area contributed by atoms with Gasteiger partial charge < -0.3 is 19.7 Å². The van der Waals surface area contributed by atoms with E-state index >= 15 is 0 Å². The highest BCUT2D eigenvalue weighted by Gasteiger charge is 2.19. The van der Waals surface area contributed by atoms with Crippen molar-refractivity contribution in [3.8, 4) is 34.0 Å². The van der Waals surface area contributed by atoms with Crippen LogP contribution in [0.2, 0.25) is 0 Å². The maximum Gasteiger partial charge on any atom is 0.307 e. The Kier molecular flexibility index (Phi) is 6.74. The van der Waals surface area contributed by atoms with E-state index in [-0.39, 0.29) is 6.42 Å². The average molecular weight is 410 g/mol. The lowest BCUT2D eigenvalue weighted by Gasteiger charge is -2.13. The molecule has 0 aliphatic heterocycles. The van der Waals surface area contributed by atoms with Crippen molar-refractivity contribution < 1.29 is 24.5 Å². The highest BCUT2D eigenvalue weighted by atomic mass is 16.5. The van der Waals surface area contributed by atoms with Crippen molar-refractivity contribution in [3.05, 3.63) is 54.1 Å². The van der Waals surface area contributed by atoms with E-state index in [1.165, 1.54) is 0 Å². The fraction of sp³-hybridized carbons (Fsp3) is 0.304. The predicted octanol–water partition coefficient (Wildman–Crippen LogP) is 3.63. The number of aliphatic hydroxyl groups excluding tert-OH is 1. The zero-order chi connectivity index (χ0) is 21.7. The lowest BCUT2D eigenvalue weighted by atomic mass is 10.0. The Morgan fingerprint density at radius 2 is 1.77 bits per heavy atom. The number of rotatable bonds is 9. The summed E-state index contributed by atoms with van der Waals surface area (Å²) in [7, 11) is 3.18. The topological polar surface area (TPSA) is 93.8 Å². The van der Waals surface area contributed by atoms with Crippen LogP contribution in [0.1, 0.15) is 18.9 Å². The van der Waals surface area contributed by atoms with Crippen LogP contribution in [0, 0.1) is 0 Å². The SMILES string of the molecule is CC[C@H](O)Cn1nc(-c2cc(CC(=O)O)ccc2OC)cc1-c1ccccc1OC. The largest absolute Gasteiger partial charge is 0.496 e. The van der Waals surface area contributed by atoms with Gasteiger partial charge in [-0.2, -0.15) is 5.10 Å². The molecule has 1 atom stereocenters. The van der Waals surface area contributed by atoms with Gasteiger partial charge in [-0.05, 0) is 42.3 Å². The second-order valence-electron chi connectivity index (χ2n) is 6.96. The Bertz CT molecular complexity index is 1030. The van der Waals surface area contributed by atoms with Gasteiger partial charge in [-0.25, -0.2) is 0 Å². The molecule has 3 rings (SSSR count). The standard InChI is InChI=1S/C23H26N2O5/c1-4-16(26)14-25-20(17-7-5-6-8-21(17)29-2)13-19(24-25)18-11-15(12-23(27)28)9-10-22(18)30-3/h5-11,13,16,26H,4,12,14H2,1-3H3,(H,27,28)/t16-/m0/s1. The molecule has 1 heterocycles. The number of aromatic nitrogens is 2. The van der Waals surface area contributed by atoms with Crippen LogP contribution in [0.3, 0.4) is 0 Å². The number of carbonyl (C=O) groups is 1. The summed E-state index contributed by atoms with van der Waals surface area (Å²) >= 11 is 0. The number of aliphatic carboxylic acids is 1. The molecular weight excluding hydrogens is 384 g/mol. The predicted molar refractivity (Wildman–Crippen MR) is 114 cm³/mol. The van der Waals surface area contributed by atoms with Gasteiger partial charge in [0, 0.05) is 11.1 Å². The molecule has 0 bridgehead atoms. The van der Waals surface area contributed by atoms with Gasteiger partial charge in [0.05, 0.1) is 44.7 Å². The molecule has 2 aromatic carbocycles. The minimum absolute atomic E-state index is 0.0916. The molecule has 0 saturated carbocycles. The van der Waals surface area contributed by atoms with E-state index in [1.807, 2.05) is 37.3 Å². The Morgan fingerprint density at radius 3 is 2.43 bits per heavy atom. The number of hydrogen-bond donors (Lipinski definition) is 2. The number of carboxylic acids is 1. The second kappa shape index (κ2) is 9.45. The van der Waals surface area contributed by atoms with Crippen molar-refractivity contribution in [2.75, 3.05) is 14.2 Å². The van der Waals surface area contributed by atoms with Crippen LogP contribution in [0.4, 0.5) is 0 Å². The molecule has 0 saturated heterocycles. The molecule has 7 nitrogen and oxygen atoms in total. The van der Waals surface area contributed by atoms with E-state index in [0.717, 1.165) is 11.3 Å². The van der Waals surface area contributed by atoms with Crippen LogP contribution in [-0.2, 0) is 17.8 Å². The van der Waals surface area contributed by atoms with Crippen LogP contribution in [0.15, 0.2) is 48.5 Å². The monoisotopic (exact) mass is 410 g/mol. The fourth-order valence-corrected chi connectivity index (χ4v) is 3.33. The maximum absolute atomic E-state index is 11.1. The first-order valence-electron chi connectivity index (χ1n) is 9.75. The smallest absolute Gasteiger partial charge is 0.307 e. The van der Waals surface area contributed by atoms with Crippen molar-refractivity contribution in [1.29, 1.82) is 0 Å². The van der Waals surface area contributed by atoms with Gasteiger partial charge in [0.15, 0.2) is 0 Å². The molecule has 0 aliphatic carbocycles. The number of methoxy groups -OCH3 is 2. The van der Waals surface area contributed by atoms with Crippen molar-refractivity contribution in [2.45, 2.75) is 32.4 Å². The Hall–Kier alpha value is -3.32. The first-order valence-corrected chi connectivity index (χ1v) is 9.75. The fourth-order valence-electron chi connectivity index (χ4n) is 3.33. The molecule has 0 spiro atoms. The van der Waals surface area contributed by atoms with Gasteiger partial charge >= 0.3 is 5.97 Å². The van der Waals surface area contributed by atoms with Crippen molar-refractivity contribution >= 4 is 5.97 Å². The Labute approximate surface area is 175 Å². The molecule has 0 fully saturated rings. The second-order valence-corrected chi connectivity index (χ2v) is 6.96. The molecule has 0 aliphatic rings. The summed E-state index contributed by atoms with van der Waals surface area (Å²) in [4.78, 5) is 11.1. The van der Waals surface area contributed by atoms with E-state index in [2.05, 4.69) is 0 Å². The summed E-state index contributed by atoms with van der Waals surface area (Å²) in [5.41, 5.74) is 3.61. The molecule has 7 heteroatoms. The van der Waals surface area contributed by atoms with Gasteiger partial charge in [0.1, 0.15) is 11.5 Å². The van der Waals surface area contributed by atoms with E-state index in [4.69, 9.17) is 19.7 Å². The minimum Gasteiger partial charge on any atom is -0.496 e. The molecule has 0 unspecified atom stereocenters. The number of ether oxygens (including phenoxy) is 2. The van der Waals surface area contributed by atoms with E-state index in [0.29, 0.717) is 41.3 Å². The third-order valence-electron chi connectivity index (χ3n) is 4.91. The molecule has 3 aromatic rings. The van der Waals surface area contributed by atoms with Gasteiger partial charge in [0.2, 0.25) is 0 Å². The third kappa shape index (κ3) is 4.63. The molecule has 2 N–H and O–H groups in total. The zero-order valence-corrected chi connectivity index (χ0v) is 17.3. The van der Waals surface area contributed by atoms with Crippen LogP contribution in [0.25, 0.3) is 22.5 Å². The maximum atomic E-state index is 11.1. The summed E-state index contributed by atoms with van der Waals surface area (Å²) in [5, 5.41) is 24.1. The molecule has 30 heavy (non-hydrogen) atoms. The number of benzene rings is 2. The molecule has 158 valence electrons. The minimum atomic E-state index is -0.905. The number of nitrogens with zero attached hydrogens (tertiary/aromatic N) is 2. The first kappa shape index (κ1) is 21.4. The van der Waals surface area contributed by atoms with Gasteiger partial charge in [-0.3, -0.25) is 9.48 Å². The highest BCUT2D eigenvalue weighted by Crippen LogP contribution is 2.36. The quantitative estimate of drug-likeness (QED) is 0.559.